The fourth-order valence-corrected chi connectivity index (χ4v) is 5.14. The molecule has 31 heavy (non-hydrogen) atoms. The minimum Gasteiger partial charge on any atom is -0.503 e. The van der Waals surface area contributed by atoms with Gasteiger partial charge in [-0.15, -0.1) is 11.3 Å². The maximum Gasteiger partial charge on any atom is 0.242 e. The molecule has 154 valence electrons. The van der Waals surface area contributed by atoms with Crippen LogP contribution in [0.15, 0.2) is 66.0 Å². The van der Waals surface area contributed by atoms with Crippen LogP contribution in [0.5, 0.6) is 17.4 Å². The summed E-state index contributed by atoms with van der Waals surface area (Å²) < 4.78 is 7.58. The van der Waals surface area contributed by atoms with Crippen molar-refractivity contribution in [1.29, 1.82) is 0 Å². The van der Waals surface area contributed by atoms with Crippen LogP contribution in [-0.2, 0) is 0 Å². The van der Waals surface area contributed by atoms with Gasteiger partial charge in [0.2, 0.25) is 11.7 Å². The summed E-state index contributed by atoms with van der Waals surface area (Å²) in [6, 6.07) is 18.1. The van der Waals surface area contributed by atoms with Gasteiger partial charge < -0.3 is 14.9 Å². The van der Waals surface area contributed by atoms with E-state index in [1.165, 1.54) is 27.2 Å². The number of carbonyl (C=O) groups excluding carboxylic acids is 1. The highest BCUT2D eigenvalue weighted by molar-refractivity contribution is 7.20. The predicted octanol–water partition coefficient (Wildman–Crippen LogP) is 5.47. The second-order valence-corrected chi connectivity index (χ2v) is 8.69. The molecule has 0 saturated heterocycles. The molecule has 3 heterocycles. The number of fused-ring (bicyclic) bond motifs is 1. The average molecular weight is 449 g/mol. The largest absolute Gasteiger partial charge is 0.503 e. The van der Waals surface area contributed by atoms with Gasteiger partial charge in [0.05, 0.1) is 33.5 Å². The van der Waals surface area contributed by atoms with E-state index in [1.807, 2.05) is 48.5 Å². The van der Waals surface area contributed by atoms with E-state index in [-0.39, 0.29) is 11.3 Å². The number of ether oxygens (including phenoxy) is 1. The summed E-state index contributed by atoms with van der Waals surface area (Å²) in [5.41, 5.74) is 1.83. The van der Waals surface area contributed by atoms with Gasteiger partial charge in [0.15, 0.2) is 10.9 Å². The van der Waals surface area contributed by atoms with E-state index in [0.717, 1.165) is 10.2 Å². The fraction of sp³-hybridized carbons (Fsp3) is 0.0435. The van der Waals surface area contributed by atoms with Gasteiger partial charge in [-0.1, -0.05) is 47.7 Å². The lowest BCUT2D eigenvalue weighted by Crippen LogP contribution is -2.03. The molecular weight excluding hydrogens is 432 g/mol. The van der Waals surface area contributed by atoms with Crippen LogP contribution in [-0.4, -0.2) is 32.7 Å². The second-order valence-electron chi connectivity index (χ2n) is 6.73. The molecule has 0 aliphatic carbocycles. The van der Waals surface area contributed by atoms with Crippen molar-refractivity contribution in [3.05, 3.63) is 76.5 Å². The third-order valence-electron chi connectivity index (χ3n) is 4.92. The van der Waals surface area contributed by atoms with Crippen molar-refractivity contribution in [3.8, 4) is 33.8 Å². The van der Waals surface area contributed by atoms with E-state index in [1.54, 1.807) is 24.6 Å². The van der Waals surface area contributed by atoms with Crippen molar-refractivity contribution in [2.75, 3.05) is 7.11 Å². The summed E-state index contributed by atoms with van der Waals surface area (Å²) in [4.78, 5) is 18.4. The highest BCUT2D eigenvalue weighted by atomic mass is 32.1. The molecule has 0 radical (unpaired) electrons. The summed E-state index contributed by atoms with van der Waals surface area (Å²) in [5, 5.41) is 23.9. The monoisotopic (exact) mass is 448 g/mol. The number of hydrogen-bond donors (Lipinski definition) is 2. The van der Waals surface area contributed by atoms with E-state index in [9.17, 15) is 15.0 Å². The van der Waals surface area contributed by atoms with E-state index in [4.69, 9.17) is 4.74 Å². The van der Waals surface area contributed by atoms with E-state index < -0.39 is 11.6 Å². The van der Waals surface area contributed by atoms with Crippen molar-refractivity contribution in [1.82, 2.24) is 9.55 Å². The number of rotatable bonds is 5. The van der Waals surface area contributed by atoms with Gasteiger partial charge >= 0.3 is 0 Å². The van der Waals surface area contributed by atoms with E-state index in [2.05, 4.69) is 4.98 Å². The number of nitrogens with zero attached hydrogens (tertiary/aromatic N) is 2. The van der Waals surface area contributed by atoms with Crippen LogP contribution >= 0.6 is 22.7 Å². The lowest BCUT2D eigenvalue weighted by molar-refractivity contribution is 0.104. The Balaban J connectivity index is 1.80. The first-order valence-electron chi connectivity index (χ1n) is 9.33. The molecule has 0 amide bonds. The lowest BCUT2D eigenvalue weighted by atomic mass is 10.0. The maximum absolute atomic E-state index is 13.3. The molecular formula is C23H16N2O4S2. The van der Waals surface area contributed by atoms with Crippen LogP contribution in [0, 0.1) is 0 Å². The molecule has 0 unspecified atom stereocenters. The molecule has 0 fully saturated rings. The summed E-state index contributed by atoms with van der Waals surface area (Å²) in [6.45, 7) is 0. The number of benzene rings is 2. The van der Waals surface area contributed by atoms with E-state index in [0.29, 0.717) is 27.0 Å². The summed E-state index contributed by atoms with van der Waals surface area (Å²) >= 11 is 2.61. The normalized spacial score (nSPS) is 11.1. The first kappa shape index (κ1) is 19.3. The van der Waals surface area contributed by atoms with Crippen LogP contribution in [0.3, 0.4) is 0 Å². The third-order valence-corrected chi connectivity index (χ3v) is 6.79. The van der Waals surface area contributed by atoms with Gasteiger partial charge in [-0.25, -0.2) is 4.98 Å². The first-order valence-corrected chi connectivity index (χ1v) is 11.0. The van der Waals surface area contributed by atoms with Crippen molar-refractivity contribution < 1.29 is 19.7 Å². The number of ketones is 1. The topological polar surface area (TPSA) is 84.6 Å². The van der Waals surface area contributed by atoms with Crippen LogP contribution in [0.25, 0.3) is 26.6 Å². The predicted molar refractivity (Wildman–Crippen MR) is 122 cm³/mol. The maximum atomic E-state index is 13.3. The number of aromatic hydroxyl groups is 2. The molecule has 2 N–H and O–H groups in total. The molecule has 0 spiro atoms. The number of hydrogen-bond acceptors (Lipinski definition) is 7. The van der Waals surface area contributed by atoms with Gasteiger partial charge in [0.1, 0.15) is 5.75 Å². The Morgan fingerprint density at radius 2 is 1.87 bits per heavy atom. The summed E-state index contributed by atoms with van der Waals surface area (Å²) in [6.07, 6.45) is 0. The lowest BCUT2D eigenvalue weighted by Gasteiger charge is -2.08. The van der Waals surface area contributed by atoms with Crippen LogP contribution in [0.4, 0.5) is 0 Å². The zero-order valence-corrected chi connectivity index (χ0v) is 17.9. The minimum absolute atomic E-state index is 0.0444. The highest BCUT2D eigenvalue weighted by Crippen LogP contribution is 2.45. The first-order chi connectivity index (χ1) is 15.1. The van der Waals surface area contributed by atoms with Crippen molar-refractivity contribution in [2.45, 2.75) is 0 Å². The Kier molecular flexibility index (Phi) is 4.72. The minimum atomic E-state index is -0.464. The molecule has 2 aromatic carbocycles. The molecule has 0 aliphatic rings. The number of aromatic nitrogens is 2. The molecule has 0 aliphatic heterocycles. The van der Waals surface area contributed by atoms with E-state index >= 15 is 0 Å². The Hall–Kier alpha value is -3.62. The third kappa shape index (κ3) is 3.17. The van der Waals surface area contributed by atoms with Crippen LogP contribution in [0.1, 0.15) is 15.2 Å². The Morgan fingerprint density at radius 3 is 2.58 bits per heavy atom. The smallest absolute Gasteiger partial charge is 0.242 e. The molecule has 5 rings (SSSR count). The molecule has 8 heteroatoms. The number of methoxy groups -OCH3 is 1. The average Bonchev–Trinajstić information content (AvgIpc) is 3.52. The standard InChI is InChI=1S/C23H16N2O4S2/c1-29-14-9-10-15-17(12-14)31-23(24-15)25-19(13-6-3-2-4-7-13)18(21(27)22(25)28)20(26)16-8-5-11-30-16/h2-12,27-28H,1H3. The zero-order chi connectivity index (χ0) is 21.5. The molecule has 6 nitrogen and oxygen atoms in total. The Labute approximate surface area is 185 Å². The van der Waals surface area contributed by atoms with Gasteiger partial charge in [-0.05, 0) is 35.2 Å². The molecule has 0 saturated carbocycles. The van der Waals surface area contributed by atoms with Gasteiger partial charge in [0.25, 0.3) is 0 Å². The summed E-state index contributed by atoms with van der Waals surface area (Å²) in [5.74, 6) is -0.554. The summed E-state index contributed by atoms with van der Waals surface area (Å²) in [7, 11) is 1.59. The SMILES string of the molecule is COc1ccc2nc(-n3c(O)c(O)c(C(=O)c4cccs4)c3-c3ccccc3)sc2c1. The quantitative estimate of drug-likeness (QED) is 0.349. The van der Waals surface area contributed by atoms with Crippen molar-refractivity contribution in [3.63, 3.8) is 0 Å². The van der Waals surface area contributed by atoms with Crippen molar-refractivity contribution in [2.24, 2.45) is 0 Å². The zero-order valence-electron chi connectivity index (χ0n) is 16.3. The molecule has 0 atom stereocenters. The van der Waals surface area contributed by atoms with Gasteiger partial charge in [-0.3, -0.25) is 9.36 Å². The second kappa shape index (κ2) is 7.57. The number of thiophene rings is 1. The molecule has 5 aromatic rings. The number of thiazole rings is 1. The fourth-order valence-electron chi connectivity index (χ4n) is 3.46. The molecule has 0 bridgehead atoms. The van der Waals surface area contributed by atoms with Gasteiger partial charge in [-0.2, -0.15) is 0 Å². The van der Waals surface area contributed by atoms with Gasteiger partial charge in [0, 0.05) is 0 Å². The highest BCUT2D eigenvalue weighted by Gasteiger charge is 2.31. The molecule has 3 aromatic heterocycles. The van der Waals surface area contributed by atoms with Crippen molar-refractivity contribution >= 4 is 38.7 Å². The Bertz CT molecular complexity index is 1400. The van der Waals surface area contributed by atoms with Crippen LogP contribution < -0.4 is 4.74 Å². The Morgan fingerprint density at radius 1 is 1.06 bits per heavy atom. The number of carbonyl (C=O) groups is 1. The van der Waals surface area contributed by atoms with Crippen LogP contribution in [0.2, 0.25) is 0 Å².